The zero-order valence-electron chi connectivity index (χ0n) is 20.6. The summed E-state index contributed by atoms with van der Waals surface area (Å²) in [4.78, 5) is 27.2. The number of dihydropyridines is 1. The number of anilines is 1. The Hall–Kier alpha value is -3.52. The molecular weight excluding hydrogens is 450 g/mol. The number of fused-ring (bicyclic) bond motifs is 1. The van der Waals surface area contributed by atoms with Crippen LogP contribution in [-0.4, -0.2) is 64.5 Å². The molecule has 5 heterocycles. The van der Waals surface area contributed by atoms with E-state index in [1.165, 1.54) is 38.5 Å². The summed E-state index contributed by atoms with van der Waals surface area (Å²) in [5.41, 5.74) is 5.17. The Morgan fingerprint density at radius 3 is 2.53 bits per heavy atom. The van der Waals surface area contributed by atoms with Gasteiger partial charge in [-0.1, -0.05) is 18.6 Å². The molecule has 1 atom stereocenters. The molecule has 2 N–H and O–H groups in total. The lowest BCUT2D eigenvalue weighted by molar-refractivity contribution is 0.0964. The number of rotatable bonds is 5. The van der Waals surface area contributed by atoms with Crippen molar-refractivity contribution >= 4 is 28.7 Å². The molecule has 2 fully saturated rings. The number of likely N-dealkylation sites (tertiary alicyclic amines) is 1. The molecule has 0 bridgehead atoms. The van der Waals surface area contributed by atoms with E-state index in [4.69, 9.17) is 4.99 Å². The third-order valence-corrected chi connectivity index (χ3v) is 7.56. The van der Waals surface area contributed by atoms with Crippen molar-refractivity contribution in [1.82, 2.24) is 25.4 Å². The van der Waals surface area contributed by atoms with E-state index in [0.29, 0.717) is 5.69 Å². The van der Waals surface area contributed by atoms with Crippen molar-refractivity contribution in [2.45, 2.75) is 51.1 Å². The van der Waals surface area contributed by atoms with Crippen LogP contribution in [0.1, 0.15) is 55.4 Å². The van der Waals surface area contributed by atoms with Gasteiger partial charge in [-0.05, 0) is 55.9 Å². The molecule has 0 aliphatic carbocycles. The summed E-state index contributed by atoms with van der Waals surface area (Å²) < 4.78 is 0. The van der Waals surface area contributed by atoms with Gasteiger partial charge >= 0.3 is 0 Å². The van der Waals surface area contributed by atoms with Crippen molar-refractivity contribution < 1.29 is 4.79 Å². The number of pyridine rings is 1. The zero-order chi connectivity index (χ0) is 24.3. The minimum absolute atomic E-state index is 0.189. The smallest absolute Gasteiger partial charge is 0.276 e. The van der Waals surface area contributed by atoms with Gasteiger partial charge in [-0.3, -0.25) is 24.8 Å². The van der Waals surface area contributed by atoms with Gasteiger partial charge in [-0.15, -0.1) is 0 Å². The predicted molar refractivity (Wildman–Crippen MR) is 143 cm³/mol. The highest BCUT2D eigenvalue weighted by molar-refractivity contribution is 6.07. The minimum Gasteiger partial charge on any atom is -0.370 e. The lowest BCUT2D eigenvalue weighted by atomic mass is 10.0. The second-order valence-corrected chi connectivity index (χ2v) is 10.0. The highest BCUT2D eigenvalue weighted by Gasteiger charge is 2.22. The number of amides is 1. The van der Waals surface area contributed by atoms with Crippen LogP contribution in [0.5, 0.6) is 0 Å². The molecule has 0 spiro atoms. The van der Waals surface area contributed by atoms with Crippen molar-refractivity contribution in [3.05, 3.63) is 54.1 Å². The van der Waals surface area contributed by atoms with Crippen LogP contribution in [0.25, 0.3) is 22.0 Å². The van der Waals surface area contributed by atoms with Gasteiger partial charge < -0.3 is 10.2 Å². The molecular formula is C28H33N7O. The Balaban J connectivity index is 1.18. The molecule has 2 saturated heterocycles. The summed E-state index contributed by atoms with van der Waals surface area (Å²) in [7, 11) is 0. The van der Waals surface area contributed by atoms with Crippen molar-refractivity contribution in [2.24, 2.45) is 4.99 Å². The van der Waals surface area contributed by atoms with Crippen molar-refractivity contribution in [3.8, 4) is 11.1 Å². The molecule has 3 aliphatic heterocycles. The van der Waals surface area contributed by atoms with Crippen LogP contribution in [0.3, 0.4) is 0 Å². The van der Waals surface area contributed by atoms with Crippen LogP contribution < -0.4 is 10.2 Å². The molecule has 186 valence electrons. The Morgan fingerprint density at radius 1 is 0.944 bits per heavy atom. The number of nitrogens with zero attached hydrogens (tertiary/aromatic N) is 5. The minimum atomic E-state index is -0.229. The van der Waals surface area contributed by atoms with Crippen molar-refractivity contribution in [3.63, 3.8) is 0 Å². The number of allylic oxidation sites excluding steroid dienone is 1. The normalized spacial score (nSPS) is 20.9. The number of benzene rings is 1. The van der Waals surface area contributed by atoms with Crippen LogP contribution in [-0.2, 0) is 0 Å². The number of aromatic amines is 1. The summed E-state index contributed by atoms with van der Waals surface area (Å²) in [5, 5.41) is 11.1. The molecule has 1 aromatic carbocycles. The highest BCUT2D eigenvalue weighted by atomic mass is 16.2. The highest BCUT2D eigenvalue weighted by Crippen LogP contribution is 2.29. The summed E-state index contributed by atoms with van der Waals surface area (Å²) in [5.74, 6) is -0.229. The van der Waals surface area contributed by atoms with E-state index in [0.717, 1.165) is 66.0 Å². The maximum Gasteiger partial charge on any atom is 0.276 e. The second-order valence-electron chi connectivity index (χ2n) is 10.0. The number of carbonyl (C=O) groups is 1. The number of piperidine rings is 2. The van der Waals surface area contributed by atoms with Gasteiger partial charge in [0.1, 0.15) is 6.17 Å². The first-order valence-electron chi connectivity index (χ1n) is 13.2. The number of carbonyl (C=O) groups excluding carboxylic acids is 1. The maximum atomic E-state index is 13.2. The largest absolute Gasteiger partial charge is 0.370 e. The number of hydrogen-bond acceptors (Lipinski definition) is 6. The molecule has 2 aromatic heterocycles. The summed E-state index contributed by atoms with van der Waals surface area (Å²) >= 11 is 0. The predicted octanol–water partition coefficient (Wildman–Crippen LogP) is 4.52. The quantitative estimate of drug-likeness (QED) is 0.557. The molecule has 1 unspecified atom stereocenters. The fraction of sp³-hybridized carbons (Fsp3) is 0.429. The van der Waals surface area contributed by atoms with Gasteiger partial charge in [0.05, 0.1) is 23.1 Å². The van der Waals surface area contributed by atoms with Crippen molar-refractivity contribution in [2.75, 3.05) is 31.1 Å². The van der Waals surface area contributed by atoms with Crippen LogP contribution in [0.4, 0.5) is 5.69 Å². The van der Waals surface area contributed by atoms with E-state index in [2.05, 4.69) is 48.5 Å². The van der Waals surface area contributed by atoms with Gasteiger partial charge in [-0.25, -0.2) is 0 Å². The molecule has 8 heteroatoms. The van der Waals surface area contributed by atoms with Gasteiger partial charge in [-0.2, -0.15) is 5.10 Å². The first-order valence-corrected chi connectivity index (χ1v) is 13.2. The number of aliphatic imine (C=N–C) groups is 1. The van der Waals surface area contributed by atoms with Gasteiger partial charge in [0.25, 0.3) is 5.91 Å². The van der Waals surface area contributed by atoms with Crippen LogP contribution in [0, 0.1) is 0 Å². The summed E-state index contributed by atoms with van der Waals surface area (Å²) in [6.07, 6.45) is 16.2. The number of aromatic nitrogens is 3. The monoisotopic (exact) mass is 483 g/mol. The molecule has 6 rings (SSSR count). The molecule has 1 amide bonds. The molecule has 0 saturated carbocycles. The molecule has 0 radical (unpaired) electrons. The van der Waals surface area contributed by atoms with E-state index in [-0.39, 0.29) is 12.1 Å². The Kier molecular flexibility index (Phi) is 6.51. The lowest BCUT2D eigenvalue weighted by Gasteiger charge is -2.32. The van der Waals surface area contributed by atoms with Gasteiger partial charge in [0.15, 0.2) is 5.69 Å². The van der Waals surface area contributed by atoms with E-state index >= 15 is 0 Å². The molecule has 3 aliphatic rings. The number of H-pyrrole nitrogens is 1. The fourth-order valence-electron chi connectivity index (χ4n) is 5.52. The average Bonchev–Trinajstić information content (AvgIpc) is 3.38. The van der Waals surface area contributed by atoms with E-state index in [1.54, 1.807) is 6.21 Å². The Labute approximate surface area is 211 Å². The zero-order valence-corrected chi connectivity index (χ0v) is 20.6. The third-order valence-electron chi connectivity index (χ3n) is 7.56. The van der Waals surface area contributed by atoms with Crippen LogP contribution in [0.2, 0.25) is 0 Å². The molecule has 8 nitrogen and oxygen atoms in total. The third kappa shape index (κ3) is 4.78. The van der Waals surface area contributed by atoms with Gasteiger partial charge in [0, 0.05) is 56.0 Å². The first-order chi connectivity index (χ1) is 17.7. The lowest BCUT2D eigenvalue weighted by Crippen LogP contribution is -2.39. The van der Waals surface area contributed by atoms with Crippen LogP contribution in [0.15, 0.2) is 53.4 Å². The number of nitrogens with one attached hydrogen (secondary N) is 2. The van der Waals surface area contributed by atoms with Gasteiger partial charge in [0.2, 0.25) is 0 Å². The SMILES string of the molecule is O=C(NC1=CCC(N2CCCCC2)N=C1)c1n[nH]c2ccc(-c3cncc(N4CCCCC4)c3)cc12. The Morgan fingerprint density at radius 2 is 1.75 bits per heavy atom. The molecule has 3 aromatic rings. The maximum absolute atomic E-state index is 13.2. The Bertz CT molecular complexity index is 1300. The number of hydrogen-bond donors (Lipinski definition) is 2. The molecule has 36 heavy (non-hydrogen) atoms. The van der Waals surface area contributed by atoms with E-state index < -0.39 is 0 Å². The van der Waals surface area contributed by atoms with Crippen molar-refractivity contribution in [1.29, 1.82) is 0 Å². The summed E-state index contributed by atoms with van der Waals surface area (Å²) in [6.45, 7) is 4.37. The fourth-order valence-corrected chi connectivity index (χ4v) is 5.52. The topological polar surface area (TPSA) is 89.5 Å². The standard InChI is InChI=1S/C28H33N7O/c36-28(31-22-8-10-26(30-18-22)35-13-5-2-6-14-35)27-24-16-20(7-9-25(24)32-33-27)21-15-23(19-29-17-21)34-11-3-1-4-12-34/h7-9,15-19,26H,1-6,10-14H2,(H,31,36)(H,32,33). The van der Waals surface area contributed by atoms with E-state index in [9.17, 15) is 4.79 Å². The van der Waals surface area contributed by atoms with E-state index in [1.807, 2.05) is 24.5 Å². The summed E-state index contributed by atoms with van der Waals surface area (Å²) in [6, 6.07) is 8.25. The average molecular weight is 484 g/mol. The van der Waals surface area contributed by atoms with Crippen LogP contribution >= 0.6 is 0 Å². The first kappa shape index (κ1) is 22.9. The second kappa shape index (κ2) is 10.2.